The van der Waals surface area contributed by atoms with E-state index in [4.69, 9.17) is 11.6 Å². The molecule has 0 aromatic carbocycles. The van der Waals surface area contributed by atoms with E-state index >= 15 is 0 Å². The van der Waals surface area contributed by atoms with E-state index in [2.05, 4.69) is 19.2 Å². The van der Waals surface area contributed by atoms with Gasteiger partial charge in [0.1, 0.15) is 5.69 Å². The highest BCUT2D eigenvalue weighted by molar-refractivity contribution is 6.31. The first-order valence-electron chi connectivity index (χ1n) is 7.54. The Kier molecular flexibility index (Phi) is 5.49. The highest BCUT2D eigenvalue weighted by Crippen LogP contribution is 2.19. The Bertz CT molecular complexity index is 452. The molecule has 1 aliphatic rings. The Morgan fingerprint density at radius 3 is 2.90 bits per heavy atom. The molecule has 1 aromatic rings. The fourth-order valence-electron chi connectivity index (χ4n) is 2.82. The van der Waals surface area contributed by atoms with Gasteiger partial charge < -0.3 is 14.8 Å². The molecule has 2 rings (SSSR count). The molecule has 20 heavy (non-hydrogen) atoms. The van der Waals surface area contributed by atoms with Gasteiger partial charge in [0.05, 0.1) is 5.02 Å². The minimum atomic E-state index is 0.112. The van der Waals surface area contributed by atoms with Crippen molar-refractivity contribution in [2.75, 3.05) is 19.6 Å². The summed E-state index contributed by atoms with van der Waals surface area (Å²) in [5.41, 5.74) is 0.720. The molecule has 2 heterocycles. The first-order valence-corrected chi connectivity index (χ1v) is 7.92. The van der Waals surface area contributed by atoms with Crippen LogP contribution in [0.15, 0.2) is 12.3 Å². The second-order valence-corrected chi connectivity index (χ2v) is 5.82. The number of nitrogens with one attached hydrogen (secondary N) is 1. The number of aryl methyl sites for hydroxylation is 1. The molecule has 0 radical (unpaired) electrons. The van der Waals surface area contributed by atoms with Crippen molar-refractivity contribution in [1.82, 2.24) is 14.8 Å². The zero-order valence-corrected chi connectivity index (χ0v) is 13.1. The summed E-state index contributed by atoms with van der Waals surface area (Å²) in [7, 11) is 0. The van der Waals surface area contributed by atoms with Gasteiger partial charge in [0.15, 0.2) is 0 Å². The van der Waals surface area contributed by atoms with E-state index < -0.39 is 0 Å². The average Bonchev–Trinajstić information content (AvgIpc) is 3.05. The number of hydrogen-bond acceptors (Lipinski definition) is 2. The van der Waals surface area contributed by atoms with Crippen LogP contribution in [-0.2, 0) is 6.54 Å². The number of hydrogen-bond donors (Lipinski definition) is 1. The molecule has 1 aromatic heterocycles. The van der Waals surface area contributed by atoms with Crippen molar-refractivity contribution >= 4 is 17.5 Å². The van der Waals surface area contributed by atoms with Crippen molar-refractivity contribution < 1.29 is 4.79 Å². The molecular formula is C15H24ClN3O. The van der Waals surface area contributed by atoms with Crippen LogP contribution in [0.3, 0.4) is 0 Å². The molecule has 4 nitrogen and oxygen atoms in total. The average molecular weight is 298 g/mol. The molecule has 1 fully saturated rings. The predicted molar refractivity (Wildman–Crippen MR) is 82.3 cm³/mol. The van der Waals surface area contributed by atoms with Crippen LogP contribution in [0.2, 0.25) is 5.02 Å². The topological polar surface area (TPSA) is 37.3 Å². The number of halogens is 1. The summed E-state index contributed by atoms with van der Waals surface area (Å²) < 4.78 is 1.98. The Hall–Kier alpha value is -1.00. The quantitative estimate of drug-likeness (QED) is 0.877. The lowest BCUT2D eigenvalue weighted by atomic mass is 10.2. The third kappa shape index (κ3) is 3.36. The van der Waals surface area contributed by atoms with Crippen LogP contribution < -0.4 is 5.32 Å². The van der Waals surface area contributed by atoms with Gasteiger partial charge in [-0.05, 0) is 31.9 Å². The van der Waals surface area contributed by atoms with Crippen molar-refractivity contribution in [3.05, 3.63) is 23.0 Å². The van der Waals surface area contributed by atoms with Crippen LogP contribution in [0.1, 0.15) is 43.6 Å². The lowest BCUT2D eigenvalue weighted by molar-refractivity contribution is 0.0681. The molecule has 1 saturated heterocycles. The number of amides is 1. The number of nitrogens with zero attached hydrogens (tertiary/aromatic N) is 2. The standard InChI is InChI=1S/C15H24ClN3O/c1-3-7-18-11-12(16)9-14(18)15(20)19(8-4-2)13-5-6-17-10-13/h9,11,13,17H,3-8,10H2,1-2H3. The van der Waals surface area contributed by atoms with Crippen molar-refractivity contribution in [3.63, 3.8) is 0 Å². The van der Waals surface area contributed by atoms with E-state index in [1.807, 2.05) is 15.7 Å². The molecule has 1 amide bonds. The van der Waals surface area contributed by atoms with Crippen LogP contribution in [0, 0.1) is 0 Å². The first kappa shape index (κ1) is 15.4. The summed E-state index contributed by atoms with van der Waals surface area (Å²) in [5, 5.41) is 3.98. The van der Waals surface area contributed by atoms with Gasteiger partial charge in [0.25, 0.3) is 5.91 Å². The fraction of sp³-hybridized carbons (Fsp3) is 0.667. The largest absolute Gasteiger partial charge is 0.342 e. The molecule has 0 spiro atoms. The number of aromatic nitrogens is 1. The minimum absolute atomic E-state index is 0.112. The second kappa shape index (κ2) is 7.14. The molecule has 1 unspecified atom stereocenters. The summed E-state index contributed by atoms with van der Waals surface area (Å²) in [5.74, 6) is 0.112. The smallest absolute Gasteiger partial charge is 0.270 e. The molecule has 0 bridgehead atoms. The van der Waals surface area contributed by atoms with Gasteiger partial charge in [0.2, 0.25) is 0 Å². The van der Waals surface area contributed by atoms with Crippen LogP contribution in [-0.4, -0.2) is 41.1 Å². The predicted octanol–water partition coefficient (Wildman–Crippen LogP) is 2.77. The maximum atomic E-state index is 12.8. The second-order valence-electron chi connectivity index (χ2n) is 5.38. The molecule has 112 valence electrons. The van der Waals surface area contributed by atoms with Crippen molar-refractivity contribution in [2.45, 2.75) is 45.7 Å². The summed E-state index contributed by atoms with van der Waals surface area (Å²) >= 11 is 6.08. The van der Waals surface area contributed by atoms with Crippen molar-refractivity contribution in [2.24, 2.45) is 0 Å². The first-order chi connectivity index (χ1) is 9.67. The van der Waals surface area contributed by atoms with E-state index in [1.165, 1.54) is 0 Å². The van der Waals surface area contributed by atoms with Gasteiger partial charge >= 0.3 is 0 Å². The Morgan fingerprint density at radius 2 is 2.30 bits per heavy atom. The van der Waals surface area contributed by atoms with E-state index in [0.717, 1.165) is 51.1 Å². The highest BCUT2D eigenvalue weighted by Gasteiger charge is 2.28. The third-order valence-electron chi connectivity index (χ3n) is 3.75. The lowest BCUT2D eigenvalue weighted by Gasteiger charge is -2.28. The molecule has 5 heteroatoms. The van der Waals surface area contributed by atoms with Gasteiger partial charge in [-0.1, -0.05) is 25.4 Å². The van der Waals surface area contributed by atoms with Crippen molar-refractivity contribution in [3.8, 4) is 0 Å². The molecule has 0 saturated carbocycles. The molecular weight excluding hydrogens is 274 g/mol. The van der Waals surface area contributed by atoms with Gasteiger partial charge in [0, 0.05) is 31.9 Å². The fourth-order valence-corrected chi connectivity index (χ4v) is 3.04. The summed E-state index contributed by atoms with van der Waals surface area (Å²) in [4.78, 5) is 14.9. The van der Waals surface area contributed by atoms with E-state index in [0.29, 0.717) is 11.1 Å². The van der Waals surface area contributed by atoms with Crippen molar-refractivity contribution in [1.29, 1.82) is 0 Å². The monoisotopic (exact) mass is 297 g/mol. The summed E-state index contributed by atoms with van der Waals surface area (Å²) in [6.07, 6.45) is 4.86. The zero-order valence-electron chi connectivity index (χ0n) is 12.4. The Morgan fingerprint density at radius 1 is 1.50 bits per heavy atom. The molecule has 1 aliphatic heterocycles. The Labute approximate surface area is 126 Å². The third-order valence-corrected chi connectivity index (χ3v) is 3.95. The van der Waals surface area contributed by atoms with Crippen LogP contribution in [0.25, 0.3) is 0 Å². The van der Waals surface area contributed by atoms with Crippen LogP contribution in [0.4, 0.5) is 0 Å². The number of carbonyl (C=O) groups is 1. The normalized spacial score (nSPS) is 18.4. The molecule has 0 aliphatic carbocycles. The lowest BCUT2D eigenvalue weighted by Crippen LogP contribution is -2.42. The van der Waals surface area contributed by atoms with Gasteiger partial charge in [-0.15, -0.1) is 0 Å². The Balaban J connectivity index is 2.21. The van der Waals surface area contributed by atoms with Gasteiger partial charge in [-0.2, -0.15) is 0 Å². The maximum Gasteiger partial charge on any atom is 0.270 e. The minimum Gasteiger partial charge on any atom is -0.342 e. The number of rotatable bonds is 6. The van der Waals surface area contributed by atoms with Crippen LogP contribution >= 0.6 is 11.6 Å². The van der Waals surface area contributed by atoms with E-state index in [9.17, 15) is 4.79 Å². The summed E-state index contributed by atoms with van der Waals surface area (Å²) in [6.45, 7) is 7.74. The van der Waals surface area contributed by atoms with E-state index in [1.54, 1.807) is 6.07 Å². The SMILES string of the molecule is CCCN(C(=O)c1cc(Cl)cn1CCC)C1CCNC1. The zero-order chi connectivity index (χ0) is 14.5. The number of carbonyl (C=O) groups excluding carboxylic acids is 1. The molecule has 1 N–H and O–H groups in total. The maximum absolute atomic E-state index is 12.8. The van der Waals surface area contributed by atoms with Gasteiger partial charge in [-0.3, -0.25) is 4.79 Å². The summed E-state index contributed by atoms with van der Waals surface area (Å²) in [6, 6.07) is 2.11. The van der Waals surface area contributed by atoms with Gasteiger partial charge in [-0.25, -0.2) is 0 Å². The molecule has 1 atom stereocenters. The van der Waals surface area contributed by atoms with E-state index in [-0.39, 0.29) is 5.91 Å². The highest BCUT2D eigenvalue weighted by atomic mass is 35.5. The van der Waals surface area contributed by atoms with Crippen LogP contribution in [0.5, 0.6) is 0 Å².